The second kappa shape index (κ2) is 12.4. The maximum Gasteiger partial charge on any atom is 0.191 e. The highest BCUT2D eigenvalue weighted by Crippen LogP contribution is 2.13. The normalized spacial score (nSPS) is 16.3. The van der Waals surface area contributed by atoms with Crippen molar-refractivity contribution in [2.45, 2.75) is 52.1 Å². The van der Waals surface area contributed by atoms with Gasteiger partial charge in [-0.2, -0.15) is 0 Å². The highest BCUT2D eigenvalue weighted by molar-refractivity contribution is 14.0. The molecule has 0 aliphatic carbocycles. The fourth-order valence-corrected chi connectivity index (χ4v) is 3.16. The predicted molar refractivity (Wildman–Crippen MR) is 121 cm³/mol. The van der Waals surface area contributed by atoms with Gasteiger partial charge in [-0.15, -0.1) is 24.0 Å². The number of ether oxygens (including phenoxy) is 1. The minimum Gasteiger partial charge on any atom is -0.497 e. The van der Waals surface area contributed by atoms with Crippen LogP contribution in [0.1, 0.15) is 39.2 Å². The summed E-state index contributed by atoms with van der Waals surface area (Å²) in [5.41, 5.74) is 1.28. The lowest BCUT2D eigenvalue weighted by atomic mass is 10.0. The van der Waals surface area contributed by atoms with E-state index in [-0.39, 0.29) is 24.0 Å². The van der Waals surface area contributed by atoms with E-state index in [4.69, 9.17) is 9.73 Å². The molecule has 1 aromatic rings. The average molecular weight is 474 g/mol. The van der Waals surface area contributed by atoms with Crippen molar-refractivity contribution in [1.82, 2.24) is 15.5 Å². The first-order chi connectivity index (χ1) is 12.1. The molecule has 5 nitrogen and oxygen atoms in total. The van der Waals surface area contributed by atoms with Crippen LogP contribution in [0, 0.1) is 0 Å². The number of piperidine rings is 1. The summed E-state index contributed by atoms with van der Waals surface area (Å²) in [6.07, 6.45) is 3.30. The highest BCUT2D eigenvalue weighted by atomic mass is 127. The summed E-state index contributed by atoms with van der Waals surface area (Å²) < 4.78 is 5.20. The Labute approximate surface area is 176 Å². The molecular weight excluding hydrogens is 439 g/mol. The van der Waals surface area contributed by atoms with E-state index < -0.39 is 0 Å². The molecule has 148 valence electrons. The third kappa shape index (κ3) is 7.70. The van der Waals surface area contributed by atoms with Gasteiger partial charge in [-0.1, -0.05) is 12.1 Å². The molecule has 0 amide bonds. The van der Waals surface area contributed by atoms with E-state index >= 15 is 0 Å². The number of aliphatic imine (C=N–C) groups is 1. The second-order valence-electron chi connectivity index (χ2n) is 6.91. The Morgan fingerprint density at radius 3 is 2.42 bits per heavy atom. The number of nitrogens with one attached hydrogen (secondary N) is 2. The average Bonchev–Trinajstić information content (AvgIpc) is 2.63. The lowest BCUT2D eigenvalue weighted by Gasteiger charge is -2.35. The molecule has 1 aromatic carbocycles. The molecule has 2 rings (SSSR count). The second-order valence-corrected chi connectivity index (χ2v) is 6.91. The molecule has 1 saturated heterocycles. The lowest BCUT2D eigenvalue weighted by Crippen LogP contribution is -2.49. The minimum absolute atomic E-state index is 0. The van der Waals surface area contributed by atoms with Gasteiger partial charge < -0.3 is 20.3 Å². The summed E-state index contributed by atoms with van der Waals surface area (Å²) in [5, 5.41) is 6.99. The number of halogens is 1. The molecule has 0 saturated carbocycles. The Bertz CT molecular complexity index is 525. The summed E-state index contributed by atoms with van der Waals surface area (Å²) in [6, 6.07) is 9.39. The van der Waals surface area contributed by atoms with Crippen molar-refractivity contribution >= 4 is 29.9 Å². The van der Waals surface area contributed by atoms with Gasteiger partial charge in [-0.25, -0.2) is 0 Å². The molecule has 26 heavy (non-hydrogen) atoms. The molecule has 1 aliphatic rings. The quantitative estimate of drug-likeness (QED) is 0.362. The van der Waals surface area contributed by atoms with E-state index in [1.165, 1.54) is 31.5 Å². The van der Waals surface area contributed by atoms with Crippen molar-refractivity contribution in [3.63, 3.8) is 0 Å². The Morgan fingerprint density at radius 1 is 1.23 bits per heavy atom. The van der Waals surface area contributed by atoms with Crippen LogP contribution in [-0.2, 0) is 6.42 Å². The molecule has 0 unspecified atom stereocenters. The summed E-state index contributed by atoms with van der Waals surface area (Å²) >= 11 is 0. The SMILES string of the molecule is CCNC(=NCCc1ccc(OC)cc1)NC1CCN(C(C)C)CC1.I. The third-order valence-electron chi connectivity index (χ3n) is 4.77. The summed E-state index contributed by atoms with van der Waals surface area (Å²) in [6.45, 7) is 10.7. The van der Waals surface area contributed by atoms with E-state index in [1.807, 2.05) is 12.1 Å². The number of hydrogen-bond acceptors (Lipinski definition) is 3. The summed E-state index contributed by atoms with van der Waals surface area (Å²) in [5.74, 6) is 1.84. The molecule has 1 heterocycles. The van der Waals surface area contributed by atoms with Crippen LogP contribution in [0.5, 0.6) is 5.75 Å². The van der Waals surface area contributed by atoms with Crippen molar-refractivity contribution in [2.75, 3.05) is 33.3 Å². The van der Waals surface area contributed by atoms with Crippen LogP contribution in [0.2, 0.25) is 0 Å². The smallest absolute Gasteiger partial charge is 0.191 e. The van der Waals surface area contributed by atoms with E-state index in [0.29, 0.717) is 12.1 Å². The molecule has 1 aliphatic heterocycles. The highest BCUT2D eigenvalue weighted by Gasteiger charge is 2.21. The Hall–Kier alpha value is -1.02. The number of benzene rings is 1. The van der Waals surface area contributed by atoms with E-state index in [9.17, 15) is 0 Å². The molecular formula is C20H35IN4O. The monoisotopic (exact) mass is 474 g/mol. The van der Waals surface area contributed by atoms with Gasteiger partial charge in [-0.05, 0) is 57.7 Å². The molecule has 0 radical (unpaired) electrons. The van der Waals surface area contributed by atoms with E-state index in [1.54, 1.807) is 7.11 Å². The number of nitrogens with zero attached hydrogens (tertiary/aromatic N) is 2. The standard InChI is InChI=1S/C20H34N4O.HI/c1-5-21-20(23-18-11-14-24(15-12-18)16(2)3)22-13-10-17-6-8-19(25-4)9-7-17;/h6-9,16,18H,5,10-15H2,1-4H3,(H2,21,22,23);1H. The van der Waals surface area contributed by atoms with Gasteiger partial charge in [0.25, 0.3) is 0 Å². The number of guanidine groups is 1. The van der Waals surface area contributed by atoms with Crippen molar-refractivity contribution in [3.8, 4) is 5.75 Å². The zero-order valence-corrected chi connectivity index (χ0v) is 19.0. The first-order valence-corrected chi connectivity index (χ1v) is 9.54. The Morgan fingerprint density at radius 2 is 1.88 bits per heavy atom. The van der Waals surface area contributed by atoms with Gasteiger partial charge in [0.15, 0.2) is 5.96 Å². The zero-order chi connectivity index (χ0) is 18.1. The first-order valence-electron chi connectivity index (χ1n) is 9.54. The Balaban J connectivity index is 0.00000338. The Kier molecular flexibility index (Phi) is 11.0. The maximum atomic E-state index is 5.20. The largest absolute Gasteiger partial charge is 0.497 e. The number of methoxy groups -OCH3 is 1. The van der Waals surface area contributed by atoms with Crippen LogP contribution in [0.4, 0.5) is 0 Å². The number of rotatable bonds is 7. The van der Waals surface area contributed by atoms with Gasteiger partial charge in [0, 0.05) is 38.3 Å². The fourth-order valence-electron chi connectivity index (χ4n) is 3.16. The maximum absolute atomic E-state index is 5.20. The van der Waals surface area contributed by atoms with Gasteiger partial charge in [-0.3, -0.25) is 4.99 Å². The van der Waals surface area contributed by atoms with Crippen LogP contribution in [0.15, 0.2) is 29.3 Å². The molecule has 0 spiro atoms. The summed E-state index contributed by atoms with van der Waals surface area (Å²) in [7, 11) is 1.69. The molecule has 0 bridgehead atoms. The van der Waals surface area contributed by atoms with Gasteiger partial charge in [0.05, 0.1) is 7.11 Å². The molecule has 0 atom stereocenters. The van der Waals surface area contributed by atoms with Crippen molar-refractivity contribution < 1.29 is 4.74 Å². The third-order valence-corrected chi connectivity index (χ3v) is 4.77. The molecule has 0 aromatic heterocycles. The minimum atomic E-state index is 0. The molecule has 1 fully saturated rings. The zero-order valence-electron chi connectivity index (χ0n) is 16.6. The molecule has 6 heteroatoms. The van der Waals surface area contributed by atoms with Gasteiger partial charge >= 0.3 is 0 Å². The van der Waals surface area contributed by atoms with Crippen molar-refractivity contribution in [3.05, 3.63) is 29.8 Å². The fraction of sp³-hybridized carbons (Fsp3) is 0.650. The topological polar surface area (TPSA) is 48.9 Å². The van der Waals surface area contributed by atoms with Gasteiger partial charge in [0.2, 0.25) is 0 Å². The lowest BCUT2D eigenvalue weighted by molar-refractivity contribution is 0.167. The van der Waals surface area contributed by atoms with Crippen LogP contribution in [-0.4, -0.2) is 56.2 Å². The first kappa shape index (κ1) is 23.0. The van der Waals surface area contributed by atoms with Crippen LogP contribution in [0.25, 0.3) is 0 Å². The van der Waals surface area contributed by atoms with Crippen LogP contribution >= 0.6 is 24.0 Å². The van der Waals surface area contributed by atoms with Crippen molar-refractivity contribution in [2.24, 2.45) is 4.99 Å². The number of likely N-dealkylation sites (tertiary alicyclic amines) is 1. The van der Waals surface area contributed by atoms with Gasteiger partial charge in [0.1, 0.15) is 5.75 Å². The predicted octanol–water partition coefficient (Wildman–Crippen LogP) is 3.28. The van der Waals surface area contributed by atoms with E-state index in [2.05, 4.69) is 48.4 Å². The summed E-state index contributed by atoms with van der Waals surface area (Å²) in [4.78, 5) is 7.30. The van der Waals surface area contributed by atoms with E-state index in [0.717, 1.165) is 31.2 Å². The molecule has 2 N–H and O–H groups in total. The van der Waals surface area contributed by atoms with Crippen LogP contribution < -0.4 is 15.4 Å². The number of hydrogen-bond donors (Lipinski definition) is 2. The van der Waals surface area contributed by atoms with Crippen LogP contribution in [0.3, 0.4) is 0 Å². The van der Waals surface area contributed by atoms with Crippen molar-refractivity contribution in [1.29, 1.82) is 0 Å².